The minimum atomic E-state index is -1.16. The molecule has 4 atom stereocenters. The Balaban J connectivity index is 1.55. The monoisotopic (exact) mass is 353 g/mol. The minimum Gasteiger partial charge on any atom is -0.488 e. The molecule has 0 bridgehead atoms. The van der Waals surface area contributed by atoms with Crippen molar-refractivity contribution >= 4 is 5.91 Å². The van der Waals surface area contributed by atoms with E-state index in [1.54, 1.807) is 6.07 Å². The van der Waals surface area contributed by atoms with Crippen molar-refractivity contribution in [2.45, 2.75) is 50.0 Å². The molecule has 3 N–H and O–H groups in total. The molecule has 1 heterocycles. The Labute approximate surface area is 145 Å². The number of carbonyl (C=O) groups excluding carboxylic acids is 1. The summed E-state index contributed by atoms with van der Waals surface area (Å²) in [4.78, 5) is 12.3. The normalized spacial score (nSPS) is 30.7. The summed E-state index contributed by atoms with van der Waals surface area (Å²) in [6.45, 7) is 1.13. The van der Waals surface area contributed by atoms with E-state index in [9.17, 15) is 19.4 Å². The van der Waals surface area contributed by atoms with Crippen LogP contribution < -0.4 is 10.1 Å². The summed E-state index contributed by atoms with van der Waals surface area (Å²) in [5.41, 5.74) is 0. The molecule has 0 aromatic heterocycles. The molecule has 25 heavy (non-hydrogen) atoms. The first-order chi connectivity index (χ1) is 12.0. The minimum absolute atomic E-state index is 0.107. The number of aliphatic hydroxyl groups excluding tert-OH is 2. The van der Waals surface area contributed by atoms with Crippen LogP contribution in [0.2, 0.25) is 0 Å². The maximum absolute atomic E-state index is 13.2. The first-order valence-electron chi connectivity index (χ1n) is 8.71. The van der Waals surface area contributed by atoms with Gasteiger partial charge in [-0.2, -0.15) is 0 Å². The lowest BCUT2D eigenvalue weighted by atomic mass is 9.87. The van der Waals surface area contributed by atoms with Crippen LogP contribution in [-0.4, -0.2) is 53.7 Å². The van der Waals surface area contributed by atoms with Crippen molar-refractivity contribution in [3.05, 3.63) is 30.1 Å². The van der Waals surface area contributed by atoms with Gasteiger partial charge in [0.2, 0.25) is 5.91 Å². The highest BCUT2D eigenvalue weighted by molar-refractivity contribution is 5.79. The van der Waals surface area contributed by atoms with Crippen LogP contribution in [0.3, 0.4) is 0 Å². The molecule has 6 nitrogen and oxygen atoms in total. The summed E-state index contributed by atoms with van der Waals surface area (Å²) in [5, 5.41) is 23.5. The van der Waals surface area contributed by atoms with E-state index in [1.165, 1.54) is 18.2 Å². The van der Waals surface area contributed by atoms with E-state index < -0.39 is 30.2 Å². The van der Waals surface area contributed by atoms with Crippen molar-refractivity contribution in [3.8, 4) is 5.75 Å². The number of carbonyl (C=O) groups is 1. The Kier molecular flexibility index (Phi) is 5.88. The van der Waals surface area contributed by atoms with Crippen molar-refractivity contribution in [2.75, 3.05) is 13.2 Å². The number of hydrogen-bond acceptors (Lipinski definition) is 5. The molecule has 0 unspecified atom stereocenters. The van der Waals surface area contributed by atoms with Gasteiger partial charge in [0.25, 0.3) is 0 Å². The fraction of sp³-hybridized carbons (Fsp3) is 0.611. The molecule has 2 fully saturated rings. The number of ether oxygens (including phenoxy) is 2. The van der Waals surface area contributed by atoms with Gasteiger partial charge in [-0.1, -0.05) is 6.07 Å². The number of nitrogens with one attached hydrogen (secondary N) is 1. The molecular formula is C18H24FNO5. The predicted molar refractivity (Wildman–Crippen MR) is 87.5 cm³/mol. The van der Waals surface area contributed by atoms with E-state index in [1.807, 2.05) is 0 Å². The molecule has 0 radical (unpaired) electrons. The van der Waals surface area contributed by atoms with Crippen molar-refractivity contribution in [1.82, 2.24) is 5.32 Å². The average molecular weight is 353 g/mol. The zero-order valence-electron chi connectivity index (χ0n) is 13.9. The molecule has 1 amide bonds. The summed E-state index contributed by atoms with van der Waals surface area (Å²) in [6.07, 6.45) is -0.660. The molecule has 138 valence electrons. The number of amides is 1. The van der Waals surface area contributed by atoms with E-state index in [0.29, 0.717) is 44.6 Å². The van der Waals surface area contributed by atoms with Crippen molar-refractivity contribution in [2.24, 2.45) is 5.92 Å². The van der Waals surface area contributed by atoms with Crippen molar-refractivity contribution in [1.29, 1.82) is 0 Å². The zero-order valence-corrected chi connectivity index (χ0v) is 13.9. The molecule has 7 heteroatoms. The lowest BCUT2D eigenvalue weighted by Gasteiger charge is -2.38. The van der Waals surface area contributed by atoms with Gasteiger partial charge in [0.15, 0.2) is 0 Å². The van der Waals surface area contributed by atoms with Crippen LogP contribution in [0.4, 0.5) is 4.39 Å². The molecule has 3 rings (SSSR count). The van der Waals surface area contributed by atoms with Crippen molar-refractivity contribution in [3.63, 3.8) is 0 Å². The summed E-state index contributed by atoms with van der Waals surface area (Å²) in [7, 11) is 0. The van der Waals surface area contributed by atoms with Crippen LogP contribution in [0.5, 0.6) is 5.75 Å². The Morgan fingerprint density at radius 2 is 1.92 bits per heavy atom. The Hall–Kier alpha value is -1.70. The first-order valence-corrected chi connectivity index (χ1v) is 8.71. The second-order valence-corrected chi connectivity index (χ2v) is 6.67. The lowest BCUT2D eigenvalue weighted by molar-refractivity contribution is -0.133. The SMILES string of the molecule is O=C(N[C@@H]1CC[C@@H](Oc2cccc(F)c2)[C@H](O)[C@H]1O)C1CCOCC1. The summed E-state index contributed by atoms with van der Waals surface area (Å²) in [5.74, 6) is -0.339. The van der Waals surface area contributed by atoms with Gasteiger partial charge >= 0.3 is 0 Å². The maximum atomic E-state index is 13.2. The standard InChI is InChI=1S/C18H24FNO5/c19-12-2-1-3-13(10-12)25-15-5-4-14(16(21)17(15)22)20-18(23)11-6-8-24-9-7-11/h1-3,10-11,14-17,21-22H,4-9H2,(H,20,23)/t14-,15-,16+,17+/m1/s1. The third-order valence-electron chi connectivity index (χ3n) is 4.91. The molecule has 1 aliphatic heterocycles. The molecule has 1 aromatic carbocycles. The number of rotatable bonds is 4. The number of aliphatic hydroxyl groups is 2. The van der Waals surface area contributed by atoms with Gasteiger partial charge in [-0.3, -0.25) is 4.79 Å². The average Bonchev–Trinajstić information content (AvgIpc) is 2.62. The summed E-state index contributed by atoms with van der Waals surface area (Å²) < 4.78 is 24.1. The molecule has 0 spiro atoms. The van der Waals surface area contributed by atoms with E-state index in [0.717, 1.165) is 0 Å². The number of hydrogen-bond donors (Lipinski definition) is 3. The van der Waals surface area contributed by atoms with Crippen LogP contribution in [-0.2, 0) is 9.53 Å². The maximum Gasteiger partial charge on any atom is 0.223 e. The van der Waals surface area contributed by atoms with Crippen LogP contribution >= 0.6 is 0 Å². The van der Waals surface area contributed by atoms with Gasteiger partial charge in [0.05, 0.1) is 6.04 Å². The van der Waals surface area contributed by atoms with Gasteiger partial charge in [-0.15, -0.1) is 0 Å². The third kappa shape index (κ3) is 4.48. The van der Waals surface area contributed by atoms with E-state index in [4.69, 9.17) is 9.47 Å². The van der Waals surface area contributed by atoms with Crippen LogP contribution in [0.15, 0.2) is 24.3 Å². The third-order valence-corrected chi connectivity index (χ3v) is 4.91. The summed E-state index contributed by atoms with van der Waals surface area (Å²) in [6, 6.07) is 5.14. The first kappa shape index (κ1) is 18.1. The number of benzene rings is 1. The largest absolute Gasteiger partial charge is 0.488 e. The lowest BCUT2D eigenvalue weighted by Crippen LogP contribution is -2.58. The predicted octanol–water partition coefficient (Wildman–Crippen LogP) is 1.00. The van der Waals surface area contributed by atoms with Gasteiger partial charge in [0, 0.05) is 25.2 Å². The van der Waals surface area contributed by atoms with Gasteiger partial charge in [0.1, 0.15) is 29.9 Å². The fourth-order valence-corrected chi connectivity index (χ4v) is 3.40. The van der Waals surface area contributed by atoms with E-state index in [-0.39, 0.29) is 11.8 Å². The highest BCUT2D eigenvalue weighted by Crippen LogP contribution is 2.26. The Morgan fingerprint density at radius 3 is 2.64 bits per heavy atom. The Bertz CT molecular complexity index is 593. The second kappa shape index (κ2) is 8.12. The molecule has 1 aliphatic carbocycles. The molecule has 2 aliphatic rings. The number of halogens is 1. The smallest absolute Gasteiger partial charge is 0.223 e. The highest BCUT2D eigenvalue weighted by atomic mass is 19.1. The van der Waals surface area contributed by atoms with E-state index >= 15 is 0 Å². The topological polar surface area (TPSA) is 88.0 Å². The Morgan fingerprint density at radius 1 is 1.16 bits per heavy atom. The van der Waals surface area contributed by atoms with Crippen LogP contribution in [0, 0.1) is 11.7 Å². The van der Waals surface area contributed by atoms with Crippen LogP contribution in [0.1, 0.15) is 25.7 Å². The molecular weight excluding hydrogens is 329 g/mol. The fourth-order valence-electron chi connectivity index (χ4n) is 3.40. The van der Waals surface area contributed by atoms with Gasteiger partial charge in [-0.05, 0) is 37.8 Å². The quantitative estimate of drug-likeness (QED) is 0.752. The molecule has 1 saturated carbocycles. The molecule has 1 aromatic rings. The molecule has 1 saturated heterocycles. The van der Waals surface area contributed by atoms with E-state index in [2.05, 4.69) is 5.32 Å². The summed E-state index contributed by atoms with van der Waals surface area (Å²) >= 11 is 0. The van der Waals surface area contributed by atoms with Gasteiger partial charge in [-0.25, -0.2) is 4.39 Å². The zero-order chi connectivity index (χ0) is 17.8. The van der Waals surface area contributed by atoms with Gasteiger partial charge < -0.3 is 25.0 Å². The van der Waals surface area contributed by atoms with Crippen LogP contribution in [0.25, 0.3) is 0 Å². The second-order valence-electron chi connectivity index (χ2n) is 6.67. The van der Waals surface area contributed by atoms with Crippen molar-refractivity contribution < 1.29 is 28.9 Å². The highest BCUT2D eigenvalue weighted by Gasteiger charge is 2.40.